The molecule has 1 aliphatic heterocycles. The van der Waals surface area contributed by atoms with E-state index in [1.807, 2.05) is 0 Å². The van der Waals surface area contributed by atoms with Crippen molar-refractivity contribution in [3.8, 4) is 0 Å². The van der Waals surface area contributed by atoms with E-state index in [9.17, 15) is 14.0 Å². The Bertz CT molecular complexity index is 629. The van der Waals surface area contributed by atoms with E-state index in [0.717, 1.165) is 25.7 Å². The Balaban J connectivity index is 1.48. The predicted molar refractivity (Wildman–Crippen MR) is 98.0 cm³/mol. The van der Waals surface area contributed by atoms with Crippen LogP contribution in [0.5, 0.6) is 0 Å². The molecular formula is C20H28FN3O2. The van der Waals surface area contributed by atoms with Crippen LogP contribution < -0.4 is 5.32 Å². The van der Waals surface area contributed by atoms with Crippen LogP contribution in [0, 0.1) is 5.82 Å². The molecule has 1 saturated heterocycles. The largest absolute Gasteiger partial charge is 0.352 e. The molecule has 3 amide bonds. The van der Waals surface area contributed by atoms with Gasteiger partial charge in [-0.1, -0.05) is 50.3 Å². The fraction of sp³-hybridized carbons (Fsp3) is 0.600. The summed E-state index contributed by atoms with van der Waals surface area (Å²) in [6, 6.07) is 6.52. The summed E-state index contributed by atoms with van der Waals surface area (Å²) in [5.41, 5.74) is 0.502. The van der Waals surface area contributed by atoms with Gasteiger partial charge in [0.2, 0.25) is 5.91 Å². The fourth-order valence-corrected chi connectivity index (χ4v) is 3.81. The maximum atomic E-state index is 13.8. The first-order chi connectivity index (χ1) is 12.6. The van der Waals surface area contributed by atoms with Crippen LogP contribution in [0.1, 0.15) is 50.5 Å². The van der Waals surface area contributed by atoms with Crippen LogP contribution in [-0.2, 0) is 11.3 Å². The number of benzene rings is 1. The summed E-state index contributed by atoms with van der Waals surface area (Å²) in [5, 5.41) is 3.10. The van der Waals surface area contributed by atoms with Gasteiger partial charge in [-0.25, -0.2) is 9.18 Å². The first-order valence-corrected chi connectivity index (χ1v) is 9.70. The average molecular weight is 361 g/mol. The molecule has 0 atom stereocenters. The molecule has 6 heteroatoms. The van der Waals surface area contributed by atoms with Crippen LogP contribution in [-0.4, -0.2) is 47.4 Å². The highest BCUT2D eigenvalue weighted by Gasteiger charge is 2.30. The van der Waals surface area contributed by atoms with E-state index >= 15 is 0 Å². The molecule has 1 aromatic rings. The molecule has 3 rings (SSSR count). The fourth-order valence-electron chi connectivity index (χ4n) is 3.81. The molecule has 2 aliphatic rings. The third kappa shape index (κ3) is 4.96. The lowest BCUT2D eigenvalue weighted by Crippen LogP contribution is -2.43. The minimum absolute atomic E-state index is 0.0864. The molecule has 5 nitrogen and oxygen atoms in total. The maximum absolute atomic E-state index is 13.8. The molecule has 0 spiro atoms. The smallest absolute Gasteiger partial charge is 0.320 e. The Morgan fingerprint density at radius 2 is 1.69 bits per heavy atom. The van der Waals surface area contributed by atoms with Crippen molar-refractivity contribution in [2.45, 2.75) is 57.5 Å². The number of nitrogens with one attached hydrogen (secondary N) is 1. The third-order valence-electron chi connectivity index (χ3n) is 5.30. The molecule has 1 aromatic carbocycles. The number of rotatable bonds is 5. The number of urea groups is 1. The molecule has 1 saturated carbocycles. The van der Waals surface area contributed by atoms with Gasteiger partial charge in [0.25, 0.3) is 0 Å². The number of hydrogen-bond acceptors (Lipinski definition) is 2. The lowest BCUT2D eigenvalue weighted by Gasteiger charge is -2.23. The number of nitrogens with zero attached hydrogens (tertiary/aromatic N) is 2. The summed E-state index contributed by atoms with van der Waals surface area (Å²) in [4.78, 5) is 28.0. The van der Waals surface area contributed by atoms with Gasteiger partial charge in [0.1, 0.15) is 12.4 Å². The van der Waals surface area contributed by atoms with Crippen LogP contribution in [0.3, 0.4) is 0 Å². The van der Waals surface area contributed by atoms with Crippen molar-refractivity contribution in [1.29, 1.82) is 0 Å². The molecule has 0 aromatic heterocycles. The number of carbonyl (C=O) groups excluding carboxylic acids is 2. The monoisotopic (exact) mass is 361 g/mol. The first-order valence-electron chi connectivity index (χ1n) is 9.70. The van der Waals surface area contributed by atoms with Gasteiger partial charge in [0.15, 0.2) is 0 Å². The normalized spacial score (nSPS) is 19.3. The van der Waals surface area contributed by atoms with E-state index in [-0.39, 0.29) is 36.9 Å². The Morgan fingerprint density at radius 3 is 2.42 bits per heavy atom. The van der Waals surface area contributed by atoms with Gasteiger partial charge in [-0.05, 0) is 18.9 Å². The molecule has 0 bridgehead atoms. The van der Waals surface area contributed by atoms with Crippen molar-refractivity contribution in [2.75, 3.05) is 19.6 Å². The van der Waals surface area contributed by atoms with Crippen molar-refractivity contribution in [2.24, 2.45) is 0 Å². The molecule has 2 fully saturated rings. The van der Waals surface area contributed by atoms with E-state index in [1.165, 1.54) is 25.3 Å². The molecule has 0 radical (unpaired) electrons. The topological polar surface area (TPSA) is 52.7 Å². The van der Waals surface area contributed by atoms with Gasteiger partial charge in [0, 0.05) is 24.7 Å². The van der Waals surface area contributed by atoms with E-state index in [1.54, 1.807) is 28.0 Å². The highest BCUT2D eigenvalue weighted by atomic mass is 19.1. The Hall–Kier alpha value is -2.11. The Morgan fingerprint density at radius 1 is 1.04 bits per heavy atom. The lowest BCUT2D eigenvalue weighted by atomic mass is 9.97. The number of halogens is 1. The van der Waals surface area contributed by atoms with Gasteiger partial charge in [-0.3, -0.25) is 4.79 Å². The molecule has 26 heavy (non-hydrogen) atoms. The van der Waals surface area contributed by atoms with E-state index in [2.05, 4.69) is 5.32 Å². The van der Waals surface area contributed by atoms with E-state index in [0.29, 0.717) is 18.7 Å². The second-order valence-corrected chi connectivity index (χ2v) is 7.33. The van der Waals surface area contributed by atoms with Gasteiger partial charge >= 0.3 is 6.03 Å². The van der Waals surface area contributed by atoms with Gasteiger partial charge in [-0.15, -0.1) is 0 Å². The van der Waals surface area contributed by atoms with Crippen LogP contribution >= 0.6 is 0 Å². The van der Waals surface area contributed by atoms with E-state index < -0.39 is 0 Å². The second kappa shape index (κ2) is 9.01. The minimum Gasteiger partial charge on any atom is -0.352 e. The number of hydrogen-bond donors (Lipinski definition) is 1. The molecule has 1 heterocycles. The first kappa shape index (κ1) is 18.7. The van der Waals surface area contributed by atoms with Crippen LogP contribution in [0.2, 0.25) is 0 Å². The SMILES string of the molecule is O=C(CN1CCN(Cc2ccccc2F)C1=O)NC1CCCCCCC1. The summed E-state index contributed by atoms with van der Waals surface area (Å²) < 4.78 is 13.8. The quantitative estimate of drug-likeness (QED) is 0.875. The molecular weight excluding hydrogens is 333 g/mol. The average Bonchev–Trinajstić information content (AvgIpc) is 2.92. The summed E-state index contributed by atoms with van der Waals surface area (Å²) in [5.74, 6) is -0.391. The zero-order chi connectivity index (χ0) is 18.4. The summed E-state index contributed by atoms with van der Waals surface area (Å²) in [6.45, 7) is 1.35. The van der Waals surface area contributed by atoms with Crippen molar-refractivity contribution in [1.82, 2.24) is 15.1 Å². The zero-order valence-electron chi connectivity index (χ0n) is 15.3. The van der Waals surface area contributed by atoms with Crippen molar-refractivity contribution >= 4 is 11.9 Å². The van der Waals surface area contributed by atoms with Gasteiger partial charge in [-0.2, -0.15) is 0 Å². The number of carbonyl (C=O) groups is 2. The van der Waals surface area contributed by atoms with Crippen LogP contribution in [0.15, 0.2) is 24.3 Å². The Kier molecular flexibility index (Phi) is 6.47. The molecule has 142 valence electrons. The summed E-state index contributed by atoms with van der Waals surface area (Å²) in [7, 11) is 0. The molecule has 0 unspecified atom stereocenters. The predicted octanol–water partition coefficient (Wildman–Crippen LogP) is 3.29. The minimum atomic E-state index is -0.305. The molecule has 1 aliphatic carbocycles. The third-order valence-corrected chi connectivity index (χ3v) is 5.30. The van der Waals surface area contributed by atoms with Crippen LogP contribution in [0.25, 0.3) is 0 Å². The van der Waals surface area contributed by atoms with Crippen molar-refractivity contribution in [3.63, 3.8) is 0 Å². The van der Waals surface area contributed by atoms with Crippen molar-refractivity contribution in [3.05, 3.63) is 35.6 Å². The van der Waals surface area contributed by atoms with E-state index in [4.69, 9.17) is 0 Å². The molecule has 1 N–H and O–H groups in total. The van der Waals surface area contributed by atoms with Gasteiger partial charge < -0.3 is 15.1 Å². The number of amides is 3. The second-order valence-electron chi connectivity index (χ2n) is 7.33. The zero-order valence-corrected chi connectivity index (χ0v) is 15.3. The van der Waals surface area contributed by atoms with Crippen LogP contribution in [0.4, 0.5) is 9.18 Å². The summed E-state index contributed by atoms with van der Waals surface area (Å²) in [6.07, 6.45) is 8.14. The highest BCUT2D eigenvalue weighted by molar-refractivity contribution is 5.85. The van der Waals surface area contributed by atoms with Gasteiger partial charge in [0.05, 0.1) is 6.54 Å². The lowest BCUT2D eigenvalue weighted by molar-refractivity contribution is -0.122. The highest BCUT2D eigenvalue weighted by Crippen LogP contribution is 2.18. The Labute approximate surface area is 154 Å². The van der Waals surface area contributed by atoms with Crippen molar-refractivity contribution < 1.29 is 14.0 Å². The standard InChI is InChI=1S/C20H28FN3O2/c21-18-11-7-6-8-16(18)14-23-12-13-24(20(23)26)15-19(25)22-17-9-4-2-1-3-5-10-17/h6-8,11,17H,1-5,9-10,12-15H2,(H,22,25). The summed E-state index contributed by atoms with van der Waals surface area (Å²) >= 11 is 0. The maximum Gasteiger partial charge on any atom is 0.320 e.